The Morgan fingerprint density at radius 1 is 1.27 bits per heavy atom. The van der Waals surface area contributed by atoms with Gasteiger partial charge >= 0.3 is 0 Å². The summed E-state index contributed by atoms with van der Waals surface area (Å²) in [5.74, 6) is -0.0438. The number of aryl methyl sites for hydroxylation is 2. The molecule has 0 saturated heterocycles. The van der Waals surface area contributed by atoms with Crippen molar-refractivity contribution in [2.24, 2.45) is 0 Å². The lowest BCUT2D eigenvalue weighted by Gasteiger charge is -2.08. The predicted octanol–water partition coefficient (Wildman–Crippen LogP) is 4.20. The Kier molecular flexibility index (Phi) is 3.98. The van der Waals surface area contributed by atoms with E-state index in [0.717, 1.165) is 21.8 Å². The zero-order valence-corrected chi connectivity index (χ0v) is 12.9. The first kappa shape index (κ1) is 14.8. The van der Waals surface area contributed by atoms with Crippen molar-refractivity contribution in [3.05, 3.63) is 46.9 Å². The van der Waals surface area contributed by atoms with Crippen molar-refractivity contribution in [1.29, 1.82) is 0 Å². The Balaban J connectivity index is 2.23. The van der Waals surface area contributed by atoms with Crippen molar-refractivity contribution in [3.63, 3.8) is 0 Å². The molecule has 0 atom stereocenters. The van der Waals surface area contributed by atoms with Gasteiger partial charge in [0.1, 0.15) is 0 Å². The lowest BCUT2D eigenvalue weighted by molar-refractivity contribution is 0.140. The van der Waals surface area contributed by atoms with Gasteiger partial charge in [0.15, 0.2) is 5.82 Å². The summed E-state index contributed by atoms with van der Waals surface area (Å²) in [7, 11) is 0. The van der Waals surface area contributed by atoms with Gasteiger partial charge < -0.3 is 0 Å². The van der Waals surface area contributed by atoms with Crippen molar-refractivity contribution >= 4 is 11.3 Å². The fourth-order valence-electron chi connectivity index (χ4n) is 2.24. The average Bonchev–Trinajstić information content (AvgIpc) is 3.13. The monoisotopic (exact) mass is 320 g/mol. The number of hydrogen-bond donors (Lipinski definition) is 0. The molecule has 1 aromatic carbocycles. The lowest BCUT2D eigenvalue weighted by Crippen LogP contribution is -2.02. The van der Waals surface area contributed by atoms with Crippen LogP contribution in [0, 0.1) is 6.92 Å². The molecule has 0 radical (unpaired) electrons. The molecule has 2 aromatic heterocycles. The molecule has 0 aliphatic carbocycles. The normalized spacial score (nSPS) is 11.3. The quantitative estimate of drug-likeness (QED) is 0.723. The topological polar surface area (TPSA) is 43.6 Å². The molecule has 3 rings (SSSR count). The smallest absolute Gasteiger partial charge is 0.249 e. The Morgan fingerprint density at radius 3 is 2.73 bits per heavy atom. The maximum atomic E-state index is 13.1. The van der Waals surface area contributed by atoms with Crippen molar-refractivity contribution in [2.75, 3.05) is 0 Å². The molecule has 3 aromatic rings. The first-order valence-corrected chi connectivity index (χ1v) is 7.73. The van der Waals surface area contributed by atoms with Crippen molar-refractivity contribution in [3.8, 4) is 16.4 Å². The number of aromatic nitrogens is 4. The zero-order chi connectivity index (χ0) is 15.7. The number of nitrogens with zero attached hydrogens (tertiary/aromatic N) is 4. The lowest BCUT2D eigenvalue weighted by atomic mass is 10.2. The van der Waals surface area contributed by atoms with Crippen LogP contribution in [0.5, 0.6) is 0 Å². The van der Waals surface area contributed by atoms with Gasteiger partial charge in [-0.15, -0.1) is 16.4 Å². The number of rotatable bonds is 4. The van der Waals surface area contributed by atoms with Crippen LogP contribution in [-0.4, -0.2) is 19.7 Å². The van der Waals surface area contributed by atoms with E-state index in [1.54, 1.807) is 5.51 Å². The summed E-state index contributed by atoms with van der Waals surface area (Å²) in [5.41, 5.74) is 4.23. The summed E-state index contributed by atoms with van der Waals surface area (Å²) in [6.07, 6.45) is -1.99. The Labute approximate surface area is 130 Å². The third-order valence-corrected chi connectivity index (χ3v) is 4.21. The Bertz CT molecular complexity index is 794. The molecule has 0 fully saturated rings. The second-order valence-electron chi connectivity index (χ2n) is 4.77. The highest BCUT2D eigenvalue weighted by molar-refractivity contribution is 7.13. The average molecular weight is 320 g/mol. The van der Waals surface area contributed by atoms with Gasteiger partial charge in [-0.05, 0) is 25.0 Å². The maximum Gasteiger partial charge on any atom is 0.299 e. The highest BCUT2D eigenvalue weighted by Crippen LogP contribution is 2.31. The standard InChI is InChI=1S/C15H14F2N4S/c1-3-10-12(22-8-18-10)15-19-14(13(16)17)20-21(15)11-7-5-4-6-9(11)2/h4-8,13H,3H2,1-2H3. The van der Waals surface area contributed by atoms with E-state index in [-0.39, 0.29) is 0 Å². The van der Waals surface area contributed by atoms with Crippen molar-refractivity contribution < 1.29 is 8.78 Å². The molecular formula is C15H14F2N4S. The first-order chi connectivity index (χ1) is 10.6. The van der Waals surface area contributed by atoms with E-state index >= 15 is 0 Å². The minimum Gasteiger partial charge on any atom is -0.249 e. The molecular weight excluding hydrogens is 306 g/mol. The van der Waals surface area contributed by atoms with Crippen LogP contribution in [0.2, 0.25) is 0 Å². The van der Waals surface area contributed by atoms with Gasteiger partial charge in [0, 0.05) is 0 Å². The van der Waals surface area contributed by atoms with Gasteiger partial charge in [-0.1, -0.05) is 25.1 Å². The molecule has 22 heavy (non-hydrogen) atoms. The summed E-state index contributed by atoms with van der Waals surface area (Å²) in [6, 6.07) is 7.50. The Morgan fingerprint density at radius 2 is 2.05 bits per heavy atom. The van der Waals surface area contributed by atoms with E-state index in [9.17, 15) is 8.78 Å². The summed E-state index contributed by atoms with van der Waals surface area (Å²) in [5, 5.41) is 4.01. The number of hydrogen-bond acceptors (Lipinski definition) is 4. The second-order valence-corrected chi connectivity index (χ2v) is 5.63. The molecule has 0 N–H and O–H groups in total. The molecule has 0 spiro atoms. The van der Waals surface area contributed by atoms with Crippen LogP contribution < -0.4 is 0 Å². The molecule has 0 saturated carbocycles. The van der Waals surface area contributed by atoms with E-state index in [1.165, 1.54) is 16.0 Å². The zero-order valence-electron chi connectivity index (χ0n) is 12.1. The molecule has 7 heteroatoms. The summed E-state index contributed by atoms with van der Waals surface area (Å²) >= 11 is 1.39. The summed E-state index contributed by atoms with van der Waals surface area (Å²) < 4.78 is 27.6. The largest absolute Gasteiger partial charge is 0.299 e. The number of para-hydroxylation sites is 1. The molecule has 0 amide bonds. The highest BCUT2D eigenvalue weighted by atomic mass is 32.1. The van der Waals surface area contributed by atoms with Crippen LogP contribution in [0.25, 0.3) is 16.4 Å². The predicted molar refractivity (Wildman–Crippen MR) is 81.5 cm³/mol. The number of halogens is 2. The highest BCUT2D eigenvalue weighted by Gasteiger charge is 2.22. The van der Waals surface area contributed by atoms with Crippen LogP contribution in [0.15, 0.2) is 29.8 Å². The van der Waals surface area contributed by atoms with Gasteiger partial charge in [-0.2, -0.15) is 0 Å². The third kappa shape index (κ3) is 2.52. The Hall–Kier alpha value is -2.15. The minimum absolute atomic E-state index is 0.420. The van der Waals surface area contributed by atoms with Crippen LogP contribution in [0.1, 0.15) is 30.4 Å². The number of alkyl halides is 2. The van der Waals surface area contributed by atoms with Crippen LogP contribution in [0.4, 0.5) is 8.78 Å². The first-order valence-electron chi connectivity index (χ1n) is 6.85. The molecule has 0 bridgehead atoms. The van der Waals surface area contributed by atoms with E-state index in [2.05, 4.69) is 15.1 Å². The van der Waals surface area contributed by atoms with Crippen LogP contribution >= 0.6 is 11.3 Å². The summed E-state index contributed by atoms with van der Waals surface area (Å²) in [6.45, 7) is 3.89. The van der Waals surface area contributed by atoms with E-state index < -0.39 is 12.2 Å². The third-order valence-electron chi connectivity index (χ3n) is 3.34. The molecule has 0 unspecified atom stereocenters. The van der Waals surface area contributed by atoms with Crippen molar-refractivity contribution in [1.82, 2.24) is 19.7 Å². The molecule has 114 valence electrons. The molecule has 2 heterocycles. The molecule has 0 aliphatic heterocycles. The SMILES string of the molecule is CCc1ncsc1-c1nc(C(F)F)nn1-c1ccccc1C. The minimum atomic E-state index is -2.71. The van der Waals surface area contributed by atoms with Gasteiger partial charge in [0.25, 0.3) is 6.43 Å². The number of thiazole rings is 1. The van der Waals surface area contributed by atoms with Crippen molar-refractivity contribution in [2.45, 2.75) is 26.7 Å². The van der Waals surface area contributed by atoms with Gasteiger partial charge in [0.05, 0.1) is 21.8 Å². The fraction of sp³-hybridized carbons (Fsp3) is 0.267. The van der Waals surface area contributed by atoms with E-state index in [0.29, 0.717) is 12.2 Å². The maximum absolute atomic E-state index is 13.1. The van der Waals surface area contributed by atoms with Crippen LogP contribution in [0.3, 0.4) is 0 Å². The van der Waals surface area contributed by atoms with Gasteiger partial charge in [-0.3, -0.25) is 0 Å². The van der Waals surface area contributed by atoms with Crippen LogP contribution in [-0.2, 0) is 6.42 Å². The van der Waals surface area contributed by atoms with E-state index in [1.807, 2.05) is 38.1 Å². The van der Waals surface area contributed by atoms with E-state index in [4.69, 9.17) is 0 Å². The molecule has 4 nitrogen and oxygen atoms in total. The fourth-order valence-corrected chi connectivity index (χ4v) is 3.10. The summed E-state index contributed by atoms with van der Waals surface area (Å²) in [4.78, 5) is 9.11. The molecule has 0 aliphatic rings. The van der Waals surface area contributed by atoms with Gasteiger partial charge in [0.2, 0.25) is 5.82 Å². The second kappa shape index (κ2) is 5.92. The van der Waals surface area contributed by atoms with Gasteiger partial charge in [-0.25, -0.2) is 23.4 Å². The number of benzene rings is 1.